The number of carbonyl (C=O) groups is 1. The van der Waals surface area contributed by atoms with Gasteiger partial charge in [-0.15, -0.1) is 10.2 Å². The summed E-state index contributed by atoms with van der Waals surface area (Å²) in [6, 6.07) is 8.59. The van der Waals surface area contributed by atoms with Gasteiger partial charge >= 0.3 is 0 Å². The standard InChI is InChI=1S/C15H18N4OS/c1-10-3-5-11(6-4-10)14-17-18-15(19(14)2)21-9-13(20)16-12-7-8-12/h3-6,12H,7-9H2,1-2H3,(H,16,20). The second kappa shape index (κ2) is 5.89. The fourth-order valence-corrected chi connectivity index (χ4v) is 2.74. The first-order chi connectivity index (χ1) is 10.1. The Morgan fingerprint density at radius 3 is 2.71 bits per heavy atom. The Morgan fingerprint density at radius 2 is 2.05 bits per heavy atom. The van der Waals surface area contributed by atoms with Crippen LogP contribution in [0.15, 0.2) is 29.4 Å². The summed E-state index contributed by atoms with van der Waals surface area (Å²) >= 11 is 1.42. The van der Waals surface area contributed by atoms with Crippen LogP contribution in [-0.2, 0) is 11.8 Å². The maximum absolute atomic E-state index is 11.7. The van der Waals surface area contributed by atoms with E-state index in [2.05, 4.69) is 34.6 Å². The van der Waals surface area contributed by atoms with E-state index in [1.54, 1.807) is 0 Å². The smallest absolute Gasteiger partial charge is 0.230 e. The van der Waals surface area contributed by atoms with Gasteiger partial charge in [0.05, 0.1) is 5.75 Å². The number of aromatic nitrogens is 3. The van der Waals surface area contributed by atoms with Crippen LogP contribution in [0.3, 0.4) is 0 Å². The minimum Gasteiger partial charge on any atom is -0.353 e. The topological polar surface area (TPSA) is 59.8 Å². The van der Waals surface area contributed by atoms with Gasteiger partial charge in [-0.3, -0.25) is 4.79 Å². The van der Waals surface area contributed by atoms with Gasteiger partial charge in [-0.25, -0.2) is 0 Å². The molecule has 1 aromatic carbocycles. The van der Waals surface area contributed by atoms with Gasteiger partial charge in [-0.05, 0) is 19.8 Å². The lowest BCUT2D eigenvalue weighted by Gasteiger charge is -2.05. The Kier molecular flexibility index (Phi) is 3.96. The van der Waals surface area contributed by atoms with E-state index in [1.807, 2.05) is 23.7 Å². The van der Waals surface area contributed by atoms with E-state index in [4.69, 9.17) is 0 Å². The summed E-state index contributed by atoms with van der Waals surface area (Å²) < 4.78 is 1.93. The fourth-order valence-electron chi connectivity index (χ4n) is 2.02. The molecule has 1 N–H and O–H groups in total. The minimum atomic E-state index is 0.0717. The van der Waals surface area contributed by atoms with Crippen molar-refractivity contribution in [1.82, 2.24) is 20.1 Å². The van der Waals surface area contributed by atoms with Crippen molar-refractivity contribution in [2.24, 2.45) is 7.05 Å². The van der Waals surface area contributed by atoms with Crippen LogP contribution in [0.1, 0.15) is 18.4 Å². The summed E-state index contributed by atoms with van der Waals surface area (Å²) in [7, 11) is 1.93. The maximum atomic E-state index is 11.7. The molecule has 1 aliphatic carbocycles. The molecule has 1 amide bonds. The quantitative estimate of drug-likeness (QED) is 0.860. The molecule has 1 heterocycles. The second-order valence-corrected chi connectivity index (χ2v) is 6.30. The van der Waals surface area contributed by atoms with E-state index in [0.717, 1.165) is 29.4 Å². The zero-order valence-electron chi connectivity index (χ0n) is 12.2. The molecule has 5 nitrogen and oxygen atoms in total. The van der Waals surface area contributed by atoms with Crippen LogP contribution in [0.4, 0.5) is 0 Å². The highest BCUT2D eigenvalue weighted by Crippen LogP contribution is 2.23. The molecule has 1 aromatic heterocycles. The van der Waals surface area contributed by atoms with Crippen LogP contribution < -0.4 is 5.32 Å². The normalized spacial score (nSPS) is 14.2. The van der Waals surface area contributed by atoms with Crippen LogP contribution in [0.5, 0.6) is 0 Å². The SMILES string of the molecule is Cc1ccc(-c2nnc(SCC(=O)NC3CC3)n2C)cc1. The molecular formula is C15H18N4OS. The first kappa shape index (κ1) is 14.1. The Balaban J connectivity index is 1.67. The van der Waals surface area contributed by atoms with E-state index < -0.39 is 0 Å². The number of thioether (sulfide) groups is 1. The molecule has 0 saturated heterocycles. The lowest BCUT2D eigenvalue weighted by atomic mass is 10.1. The molecule has 110 valence electrons. The zero-order chi connectivity index (χ0) is 14.8. The molecule has 2 aromatic rings. The van der Waals surface area contributed by atoms with Crippen molar-refractivity contribution in [2.45, 2.75) is 31.0 Å². The summed E-state index contributed by atoms with van der Waals surface area (Å²) in [6.45, 7) is 2.06. The molecule has 0 bridgehead atoms. The Morgan fingerprint density at radius 1 is 1.33 bits per heavy atom. The monoisotopic (exact) mass is 302 g/mol. The molecule has 0 aliphatic heterocycles. The molecule has 1 saturated carbocycles. The average molecular weight is 302 g/mol. The third-order valence-corrected chi connectivity index (χ3v) is 4.44. The number of amides is 1. The third kappa shape index (κ3) is 3.44. The number of benzene rings is 1. The zero-order valence-corrected chi connectivity index (χ0v) is 13.0. The summed E-state index contributed by atoms with van der Waals surface area (Å²) in [5.41, 5.74) is 2.25. The number of carbonyl (C=O) groups excluding carboxylic acids is 1. The van der Waals surface area contributed by atoms with Gasteiger partial charge < -0.3 is 9.88 Å². The summed E-state index contributed by atoms with van der Waals surface area (Å²) in [5, 5.41) is 12.1. The van der Waals surface area contributed by atoms with Crippen molar-refractivity contribution in [3.05, 3.63) is 29.8 Å². The number of hydrogen-bond donors (Lipinski definition) is 1. The van der Waals surface area contributed by atoms with Crippen molar-refractivity contribution in [3.8, 4) is 11.4 Å². The van der Waals surface area contributed by atoms with E-state index >= 15 is 0 Å². The number of nitrogens with zero attached hydrogens (tertiary/aromatic N) is 3. The lowest BCUT2D eigenvalue weighted by molar-refractivity contribution is -0.118. The molecule has 3 rings (SSSR count). The number of aryl methyl sites for hydroxylation is 1. The first-order valence-corrected chi connectivity index (χ1v) is 8.00. The van der Waals surface area contributed by atoms with Crippen LogP contribution in [-0.4, -0.2) is 32.5 Å². The van der Waals surface area contributed by atoms with E-state index in [0.29, 0.717) is 11.8 Å². The van der Waals surface area contributed by atoms with Crippen LogP contribution in [0, 0.1) is 6.92 Å². The van der Waals surface area contributed by atoms with Crippen LogP contribution >= 0.6 is 11.8 Å². The van der Waals surface area contributed by atoms with Crippen LogP contribution in [0.2, 0.25) is 0 Å². The minimum absolute atomic E-state index is 0.0717. The van der Waals surface area contributed by atoms with Crippen molar-refractivity contribution < 1.29 is 4.79 Å². The van der Waals surface area contributed by atoms with Gasteiger partial charge in [0.2, 0.25) is 5.91 Å². The number of rotatable bonds is 5. The van der Waals surface area contributed by atoms with Gasteiger partial charge in [-0.1, -0.05) is 41.6 Å². The molecule has 0 radical (unpaired) electrons. The Bertz CT molecular complexity index is 646. The highest BCUT2D eigenvalue weighted by molar-refractivity contribution is 7.99. The van der Waals surface area contributed by atoms with Gasteiger partial charge in [0, 0.05) is 18.7 Å². The highest BCUT2D eigenvalue weighted by Gasteiger charge is 2.23. The average Bonchev–Trinajstić information content (AvgIpc) is 3.20. The van der Waals surface area contributed by atoms with Crippen molar-refractivity contribution in [2.75, 3.05) is 5.75 Å². The second-order valence-electron chi connectivity index (χ2n) is 5.36. The van der Waals surface area contributed by atoms with Crippen molar-refractivity contribution in [1.29, 1.82) is 0 Å². The molecule has 1 fully saturated rings. The van der Waals surface area contributed by atoms with E-state index in [1.165, 1.54) is 17.3 Å². The summed E-state index contributed by atoms with van der Waals surface area (Å²) in [4.78, 5) is 11.7. The van der Waals surface area contributed by atoms with Gasteiger partial charge in [0.1, 0.15) is 0 Å². The molecule has 21 heavy (non-hydrogen) atoms. The van der Waals surface area contributed by atoms with E-state index in [9.17, 15) is 4.79 Å². The predicted molar refractivity (Wildman–Crippen MR) is 83.1 cm³/mol. The molecule has 0 unspecified atom stereocenters. The van der Waals surface area contributed by atoms with Crippen molar-refractivity contribution in [3.63, 3.8) is 0 Å². The van der Waals surface area contributed by atoms with Gasteiger partial charge in [0.25, 0.3) is 0 Å². The molecule has 0 atom stereocenters. The van der Waals surface area contributed by atoms with Crippen molar-refractivity contribution >= 4 is 17.7 Å². The van der Waals surface area contributed by atoms with Crippen LogP contribution in [0.25, 0.3) is 11.4 Å². The first-order valence-electron chi connectivity index (χ1n) is 7.02. The highest BCUT2D eigenvalue weighted by atomic mass is 32.2. The third-order valence-electron chi connectivity index (χ3n) is 3.42. The molecular weight excluding hydrogens is 284 g/mol. The molecule has 1 aliphatic rings. The summed E-state index contributed by atoms with van der Waals surface area (Å²) in [5.74, 6) is 1.28. The summed E-state index contributed by atoms with van der Waals surface area (Å²) in [6.07, 6.45) is 2.22. The lowest BCUT2D eigenvalue weighted by Crippen LogP contribution is -2.27. The van der Waals surface area contributed by atoms with E-state index in [-0.39, 0.29) is 5.91 Å². The molecule has 6 heteroatoms. The van der Waals surface area contributed by atoms with Gasteiger partial charge in [0.15, 0.2) is 11.0 Å². The number of nitrogens with one attached hydrogen (secondary N) is 1. The Hall–Kier alpha value is -1.82. The molecule has 0 spiro atoms. The largest absolute Gasteiger partial charge is 0.353 e. The fraction of sp³-hybridized carbons (Fsp3) is 0.400. The maximum Gasteiger partial charge on any atom is 0.230 e. The predicted octanol–water partition coefficient (Wildman–Crippen LogP) is 2.16. The number of hydrogen-bond acceptors (Lipinski definition) is 4. The van der Waals surface area contributed by atoms with Gasteiger partial charge in [-0.2, -0.15) is 0 Å². The Labute approximate surface area is 128 Å².